The minimum atomic E-state index is 0. The maximum Gasteiger partial charge on any atom is 0.161 e. The van der Waals surface area contributed by atoms with Crippen LogP contribution in [0.25, 0.3) is 21.7 Å². The number of benzene rings is 2. The van der Waals surface area contributed by atoms with Crippen LogP contribution in [0.2, 0.25) is 0 Å². The number of methoxy groups -OCH3 is 2. The van der Waals surface area contributed by atoms with Gasteiger partial charge in [0.05, 0.1) is 19.7 Å². The molecule has 0 aliphatic rings. The van der Waals surface area contributed by atoms with Crippen LogP contribution >= 0.6 is 0 Å². The lowest BCUT2D eigenvalue weighted by Crippen LogP contribution is -1.97. The van der Waals surface area contributed by atoms with Crippen molar-refractivity contribution in [1.29, 1.82) is 0 Å². The van der Waals surface area contributed by atoms with Crippen LogP contribution in [0.1, 0.15) is 29.9 Å². The monoisotopic (exact) mass is 374 g/mol. The Labute approximate surface area is 166 Å². The third kappa shape index (κ3) is 3.50. The van der Waals surface area contributed by atoms with Gasteiger partial charge < -0.3 is 9.47 Å². The number of rotatable bonds is 4. The molecule has 0 atom stereocenters. The largest absolute Gasteiger partial charge is 0.493 e. The smallest absolute Gasteiger partial charge is 0.161 e. The predicted octanol–water partition coefficient (Wildman–Crippen LogP) is 5.64. The van der Waals surface area contributed by atoms with Crippen molar-refractivity contribution in [3.63, 3.8) is 0 Å². The van der Waals surface area contributed by atoms with E-state index in [1.54, 1.807) is 14.2 Å². The van der Waals surface area contributed by atoms with Gasteiger partial charge in [-0.05, 0) is 67.1 Å². The molecule has 0 N–H and O–H groups in total. The van der Waals surface area contributed by atoms with Gasteiger partial charge in [0.25, 0.3) is 0 Å². The average Bonchev–Trinajstić information content (AvgIpc) is 2.69. The third-order valence-corrected chi connectivity index (χ3v) is 4.96. The molecule has 0 bridgehead atoms. The number of hydrogen-bond donors (Lipinski definition) is 0. The van der Waals surface area contributed by atoms with E-state index in [1.165, 1.54) is 5.56 Å². The van der Waals surface area contributed by atoms with Gasteiger partial charge in [-0.3, -0.25) is 9.97 Å². The molecule has 0 aliphatic heterocycles. The first-order valence-corrected chi connectivity index (χ1v) is 8.95. The number of hydrogen-bond acceptors (Lipinski definition) is 4. The van der Waals surface area contributed by atoms with Crippen molar-refractivity contribution in [2.75, 3.05) is 14.2 Å². The Hall–Kier alpha value is -3.14. The Morgan fingerprint density at radius 2 is 1.57 bits per heavy atom. The Morgan fingerprint density at radius 1 is 0.857 bits per heavy atom. The van der Waals surface area contributed by atoms with E-state index >= 15 is 0 Å². The van der Waals surface area contributed by atoms with Gasteiger partial charge in [-0.15, -0.1) is 0 Å². The van der Waals surface area contributed by atoms with Crippen molar-refractivity contribution in [3.05, 3.63) is 71.2 Å². The fourth-order valence-electron chi connectivity index (χ4n) is 3.51. The molecule has 0 saturated heterocycles. The zero-order valence-electron chi connectivity index (χ0n) is 16.0. The summed E-state index contributed by atoms with van der Waals surface area (Å²) in [5.41, 5.74) is 5.43. The fraction of sp³-hybridized carbons (Fsp3) is 0.250. The lowest BCUT2D eigenvalue weighted by atomic mass is 9.98. The third-order valence-electron chi connectivity index (χ3n) is 4.96. The second-order valence-electron chi connectivity index (χ2n) is 6.78. The minimum Gasteiger partial charge on any atom is -0.493 e. The maximum atomic E-state index is 5.50. The molecule has 2 heterocycles. The normalized spacial score (nSPS) is 10.7. The molecule has 0 saturated carbocycles. The molecule has 0 amide bonds. The number of fused-ring (bicyclic) bond motifs is 2. The van der Waals surface area contributed by atoms with E-state index in [-0.39, 0.29) is 7.43 Å². The predicted molar refractivity (Wildman–Crippen MR) is 116 cm³/mol. The second kappa shape index (κ2) is 7.85. The molecule has 4 rings (SSSR count). The van der Waals surface area contributed by atoms with Crippen molar-refractivity contribution in [3.8, 4) is 11.5 Å². The van der Waals surface area contributed by atoms with Gasteiger partial charge >= 0.3 is 0 Å². The van der Waals surface area contributed by atoms with E-state index < -0.39 is 0 Å². The van der Waals surface area contributed by atoms with E-state index in [1.807, 2.05) is 38.2 Å². The topological polar surface area (TPSA) is 44.2 Å². The summed E-state index contributed by atoms with van der Waals surface area (Å²) in [6, 6.07) is 14.7. The average molecular weight is 374 g/mol. The highest BCUT2D eigenvalue weighted by molar-refractivity contribution is 5.91. The summed E-state index contributed by atoms with van der Waals surface area (Å²) in [5.74, 6) is 1.45. The van der Waals surface area contributed by atoms with Crippen molar-refractivity contribution in [1.82, 2.24) is 9.97 Å². The quantitative estimate of drug-likeness (QED) is 0.463. The SMILES string of the molecule is C.COc1cc2c(Cc3ccc4nc(C)ccc4c3)cnc(C)c2cc1OC. The fourth-order valence-corrected chi connectivity index (χ4v) is 3.51. The summed E-state index contributed by atoms with van der Waals surface area (Å²) >= 11 is 0. The first-order valence-electron chi connectivity index (χ1n) is 8.95. The van der Waals surface area contributed by atoms with Crippen LogP contribution in [0.3, 0.4) is 0 Å². The molecule has 28 heavy (non-hydrogen) atoms. The van der Waals surface area contributed by atoms with E-state index in [0.717, 1.165) is 56.5 Å². The molecular weight excluding hydrogens is 348 g/mol. The first-order chi connectivity index (χ1) is 13.1. The first kappa shape index (κ1) is 19.6. The highest BCUT2D eigenvalue weighted by Gasteiger charge is 2.12. The van der Waals surface area contributed by atoms with Gasteiger partial charge in [-0.1, -0.05) is 19.6 Å². The van der Waals surface area contributed by atoms with Crippen LogP contribution in [-0.4, -0.2) is 24.2 Å². The summed E-state index contributed by atoms with van der Waals surface area (Å²) in [4.78, 5) is 9.18. The molecular formula is C24H26N2O2. The summed E-state index contributed by atoms with van der Waals surface area (Å²) in [6.45, 7) is 4.03. The number of aryl methyl sites for hydroxylation is 2. The molecule has 0 unspecified atom stereocenters. The second-order valence-corrected chi connectivity index (χ2v) is 6.78. The minimum absolute atomic E-state index is 0. The number of ether oxygens (including phenoxy) is 2. The molecule has 4 nitrogen and oxygen atoms in total. The Morgan fingerprint density at radius 3 is 2.29 bits per heavy atom. The Balaban J connectivity index is 0.00000225. The van der Waals surface area contributed by atoms with Crippen LogP contribution in [0.15, 0.2) is 48.7 Å². The van der Waals surface area contributed by atoms with Gasteiger partial charge in [-0.2, -0.15) is 0 Å². The Bertz CT molecular complexity index is 1150. The number of pyridine rings is 2. The molecule has 4 heteroatoms. The molecule has 0 fully saturated rings. The summed E-state index contributed by atoms with van der Waals surface area (Å²) in [7, 11) is 3.32. The van der Waals surface area contributed by atoms with Gasteiger partial charge in [0.2, 0.25) is 0 Å². The van der Waals surface area contributed by atoms with Gasteiger partial charge in [0.1, 0.15) is 0 Å². The van der Waals surface area contributed by atoms with Gasteiger partial charge in [-0.25, -0.2) is 0 Å². The molecule has 144 valence electrons. The maximum absolute atomic E-state index is 5.50. The molecule has 0 radical (unpaired) electrons. The van der Waals surface area contributed by atoms with Gasteiger partial charge in [0, 0.05) is 28.4 Å². The highest BCUT2D eigenvalue weighted by atomic mass is 16.5. The van der Waals surface area contributed by atoms with E-state index in [2.05, 4.69) is 34.2 Å². The van der Waals surface area contributed by atoms with Crippen molar-refractivity contribution in [2.24, 2.45) is 0 Å². The van der Waals surface area contributed by atoms with Gasteiger partial charge in [0.15, 0.2) is 11.5 Å². The van der Waals surface area contributed by atoms with E-state index in [0.29, 0.717) is 0 Å². The molecule has 2 aromatic heterocycles. The standard InChI is InChI=1S/C23H22N2O2.CH4/c1-14-5-7-17-9-16(6-8-21(17)25-14)10-18-13-24-15(2)19-11-22(26-3)23(27-4)12-20(18)19;/h5-9,11-13H,10H2,1-4H3;1H4. The van der Waals surface area contributed by atoms with Crippen molar-refractivity contribution in [2.45, 2.75) is 27.7 Å². The zero-order valence-corrected chi connectivity index (χ0v) is 16.0. The Kier molecular flexibility index (Phi) is 5.50. The van der Waals surface area contributed by atoms with Crippen LogP contribution in [0, 0.1) is 13.8 Å². The summed E-state index contributed by atoms with van der Waals surface area (Å²) < 4.78 is 11.0. The molecule has 0 spiro atoms. The summed E-state index contributed by atoms with van der Waals surface area (Å²) in [5, 5.41) is 3.38. The summed E-state index contributed by atoms with van der Waals surface area (Å²) in [6.07, 6.45) is 2.75. The van der Waals surface area contributed by atoms with E-state index in [4.69, 9.17) is 9.47 Å². The lowest BCUT2D eigenvalue weighted by molar-refractivity contribution is 0.356. The number of aromatic nitrogens is 2. The van der Waals surface area contributed by atoms with Crippen LogP contribution < -0.4 is 9.47 Å². The number of nitrogens with zero attached hydrogens (tertiary/aromatic N) is 2. The van der Waals surface area contributed by atoms with Crippen LogP contribution in [0.4, 0.5) is 0 Å². The molecule has 4 aromatic rings. The van der Waals surface area contributed by atoms with E-state index in [9.17, 15) is 0 Å². The zero-order chi connectivity index (χ0) is 19.0. The van der Waals surface area contributed by atoms with Crippen LogP contribution in [-0.2, 0) is 6.42 Å². The molecule has 2 aromatic carbocycles. The molecule has 0 aliphatic carbocycles. The highest BCUT2D eigenvalue weighted by Crippen LogP contribution is 2.35. The van der Waals surface area contributed by atoms with Crippen molar-refractivity contribution < 1.29 is 9.47 Å². The lowest BCUT2D eigenvalue weighted by Gasteiger charge is -2.13. The van der Waals surface area contributed by atoms with Crippen molar-refractivity contribution >= 4 is 21.7 Å². The van der Waals surface area contributed by atoms with Crippen LogP contribution in [0.5, 0.6) is 11.5 Å².